The molecule has 0 aliphatic heterocycles. The fourth-order valence-electron chi connectivity index (χ4n) is 2.17. The number of fused-ring (bicyclic) bond motifs is 1. The van der Waals surface area contributed by atoms with Gasteiger partial charge in [-0.1, -0.05) is 36.4 Å². The summed E-state index contributed by atoms with van der Waals surface area (Å²) in [6.07, 6.45) is 0. The molecule has 6 heteroatoms. The highest BCUT2D eigenvalue weighted by Gasteiger charge is 2.13. The van der Waals surface area contributed by atoms with Crippen LogP contribution in [0.4, 0.5) is 5.69 Å². The summed E-state index contributed by atoms with van der Waals surface area (Å²) in [5, 5.41) is 10.3. The van der Waals surface area contributed by atoms with Crippen molar-refractivity contribution in [2.24, 2.45) is 5.14 Å². The van der Waals surface area contributed by atoms with E-state index in [1.807, 2.05) is 42.5 Å². The Morgan fingerprint density at radius 3 is 2.52 bits per heavy atom. The topological polar surface area (TPSA) is 85.3 Å². The van der Waals surface area contributed by atoms with Crippen LogP contribution in [0.3, 0.4) is 0 Å². The molecule has 0 atom stereocenters. The number of primary sulfonamides is 1. The highest BCUT2D eigenvalue weighted by Crippen LogP contribution is 2.23. The third-order valence-corrected chi connectivity index (χ3v) is 3.94. The van der Waals surface area contributed by atoms with Gasteiger partial charge in [0.05, 0.1) is 6.54 Å². The highest BCUT2D eigenvalue weighted by molar-refractivity contribution is 7.89. The third kappa shape index (κ3) is 2.91. The van der Waals surface area contributed by atoms with Crippen molar-refractivity contribution in [2.45, 2.75) is 11.6 Å². The summed E-state index contributed by atoms with van der Waals surface area (Å²) in [6.45, 7) is 0.378. The van der Waals surface area contributed by atoms with Crippen molar-refractivity contribution in [3.8, 4) is 0 Å². The van der Waals surface area contributed by atoms with E-state index in [1.165, 1.54) is 6.07 Å². The average Bonchev–Trinajstić information content (AvgIpc) is 2.94. The summed E-state index contributed by atoms with van der Waals surface area (Å²) in [7, 11) is -3.79. The van der Waals surface area contributed by atoms with Crippen molar-refractivity contribution in [3.05, 3.63) is 60.4 Å². The van der Waals surface area contributed by atoms with Gasteiger partial charge < -0.3 is 9.73 Å². The Balaban J connectivity index is 1.82. The lowest BCUT2D eigenvalue weighted by atomic mass is 10.1. The molecule has 108 valence electrons. The maximum Gasteiger partial charge on any atom is 0.271 e. The van der Waals surface area contributed by atoms with Crippen LogP contribution in [0.1, 0.15) is 5.76 Å². The number of hydrogen-bond acceptors (Lipinski definition) is 4. The first kappa shape index (κ1) is 13.7. The summed E-state index contributed by atoms with van der Waals surface area (Å²) in [5.74, 6) is 0.506. The summed E-state index contributed by atoms with van der Waals surface area (Å²) in [6, 6.07) is 16.9. The van der Waals surface area contributed by atoms with Crippen molar-refractivity contribution in [3.63, 3.8) is 0 Å². The Morgan fingerprint density at radius 2 is 1.76 bits per heavy atom. The van der Waals surface area contributed by atoms with E-state index < -0.39 is 10.0 Å². The van der Waals surface area contributed by atoms with Crippen LogP contribution >= 0.6 is 0 Å². The maximum absolute atomic E-state index is 11.2. The number of anilines is 1. The minimum Gasteiger partial charge on any atom is -0.446 e. The quantitative estimate of drug-likeness (QED) is 0.776. The van der Waals surface area contributed by atoms with Gasteiger partial charge in [0, 0.05) is 11.1 Å². The molecule has 3 rings (SSSR count). The Labute approximate surface area is 122 Å². The lowest BCUT2D eigenvalue weighted by Crippen LogP contribution is -2.10. The molecule has 3 N–H and O–H groups in total. The molecule has 0 unspecified atom stereocenters. The zero-order chi connectivity index (χ0) is 14.9. The van der Waals surface area contributed by atoms with Crippen molar-refractivity contribution in [1.29, 1.82) is 0 Å². The van der Waals surface area contributed by atoms with Crippen molar-refractivity contribution in [2.75, 3.05) is 5.32 Å². The molecular formula is C15H14N2O3S. The van der Waals surface area contributed by atoms with Gasteiger partial charge in [-0.15, -0.1) is 0 Å². The molecule has 0 saturated heterocycles. The molecule has 5 nitrogen and oxygen atoms in total. The van der Waals surface area contributed by atoms with E-state index in [4.69, 9.17) is 9.56 Å². The summed E-state index contributed by atoms with van der Waals surface area (Å²) in [4.78, 5) is 0. The van der Waals surface area contributed by atoms with E-state index in [0.29, 0.717) is 12.3 Å². The molecule has 0 saturated carbocycles. The number of furan rings is 1. The van der Waals surface area contributed by atoms with Gasteiger partial charge in [-0.05, 0) is 23.6 Å². The second kappa shape index (κ2) is 5.23. The number of benzene rings is 2. The average molecular weight is 302 g/mol. The molecule has 1 aromatic heterocycles. The minimum atomic E-state index is -3.79. The van der Waals surface area contributed by atoms with Gasteiger partial charge in [-0.3, -0.25) is 0 Å². The predicted molar refractivity (Wildman–Crippen MR) is 81.4 cm³/mol. The van der Waals surface area contributed by atoms with Gasteiger partial charge in [0.15, 0.2) is 0 Å². The zero-order valence-electron chi connectivity index (χ0n) is 11.1. The number of hydrogen-bond donors (Lipinski definition) is 2. The smallest absolute Gasteiger partial charge is 0.271 e. The van der Waals surface area contributed by atoms with Gasteiger partial charge in [0.2, 0.25) is 5.09 Å². The lowest BCUT2D eigenvalue weighted by molar-refractivity contribution is 0.419. The van der Waals surface area contributed by atoms with E-state index >= 15 is 0 Å². The van der Waals surface area contributed by atoms with Crippen LogP contribution in [0.2, 0.25) is 0 Å². The normalized spacial score (nSPS) is 11.7. The van der Waals surface area contributed by atoms with Crippen molar-refractivity contribution < 1.29 is 12.8 Å². The molecule has 3 aromatic rings. The molecule has 0 radical (unpaired) electrons. The van der Waals surface area contributed by atoms with E-state index in [0.717, 1.165) is 16.5 Å². The Bertz CT molecular complexity index is 879. The molecule has 0 bridgehead atoms. The SMILES string of the molecule is NS(=O)(=O)c1ccc(CNc2cccc3ccccc23)o1. The van der Waals surface area contributed by atoms with Gasteiger partial charge in [0.1, 0.15) is 5.76 Å². The number of rotatable bonds is 4. The molecule has 0 spiro atoms. The molecular weight excluding hydrogens is 288 g/mol. The van der Waals surface area contributed by atoms with Crippen LogP contribution in [0.5, 0.6) is 0 Å². The highest BCUT2D eigenvalue weighted by atomic mass is 32.2. The Morgan fingerprint density at radius 1 is 1.00 bits per heavy atom. The van der Waals surface area contributed by atoms with Gasteiger partial charge >= 0.3 is 0 Å². The van der Waals surface area contributed by atoms with Crippen molar-refractivity contribution >= 4 is 26.5 Å². The molecule has 21 heavy (non-hydrogen) atoms. The zero-order valence-corrected chi connectivity index (χ0v) is 11.9. The fourth-order valence-corrected chi connectivity index (χ4v) is 2.65. The first-order chi connectivity index (χ1) is 10.0. The van der Waals surface area contributed by atoms with E-state index in [1.54, 1.807) is 6.07 Å². The largest absolute Gasteiger partial charge is 0.446 e. The minimum absolute atomic E-state index is 0.225. The summed E-state index contributed by atoms with van der Waals surface area (Å²) < 4.78 is 27.5. The number of nitrogens with one attached hydrogen (secondary N) is 1. The predicted octanol–water partition coefficient (Wildman–Crippen LogP) is 2.69. The van der Waals surface area contributed by atoms with Crippen molar-refractivity contribution in [1.82, 2.24) is 0 Å². The molecule has 0 aliphatic rings. The van der Waals surface area contributed by atoms with Gasteiger partial charge in [-0.25, -0.2) is 13.6 Å². The van der Waals surface area contributed by atoms with Gasteiger partial charge in [0.25, 0.3) is 10.0 Å². The molecule has 0 amide bonds. The molecule has 1 heterocycles. The van der Waals surface area contributed by atoms with Crippen LogP contribution in [-0.4, -0.2) is 8.42 Å². The number of nitrogens with two attached hydrogens (primary N) is 1. The Hall–Kier alpha value is -2.31. The van der Waals surface area contributed by atoms with Crippen LogP contribution in [0.15, 0.2) is 64.1 Å². The lowest BCUT2D eigenvalue weighted by Gasteiger charge is -2.08. The second-order valence-electron chi connectivity index (χ2n) is 4.65. The van der Waals surface area contributed by atoms with E-state index in [9.17, 15) is 8.42 Å². The van der Waals surface area contributed by atoms with Crippen LogP contribution < -0.4 is 10.5 Å². The van der Waals surface area contributed by atoms with E-state index in [2.05, 4.69) is 5.32 Å². The standard InChI is InChI=1S/C15H14N2O3S/c16-21(18,19)15-9-8-12(20-15)10-17-14-7-3-5-11-4-1-2-6-13(11)14/h1-9,17H,10H2,(H2,16,18,19). The van der Waals surface area contributed by atoms with Crippen LogP contribution in [0, 0.1) is 0 Å². The molecule has 2 aromatic carbocycles. The summed E-state index contributed by atoms with van der Waals surface area (Å²) >= 11 is 0. The second-order valence-corrected chi connectivity index (χ2v) is 6.14. The van der Waals surface area contributed by atoms with Crippen LogP contribution in [-0.2, 0) is 16.6 Å². The molecule has 0 aliphatic carbocycles. The Kier molecular flexibility index (Phi) is 3.40. The van der Waals surface area contributed by atoms with Crippen LogP contribution in [0.25, 0.3) is 10.8 Å². The van der Waals surface area contributed by atoms with Gasteiger partial charge in [-0.2, -0.15) is 0 Å². The molecule has 0 fully saturated rings. The summed E-state index contributed by atoms with van der Waals surface area (Å²) in [5.41, 5.74) is 0.960. The fraction of sp³-hybridized carbons (Fsp3) is 0.0667. The van der Waals surface area contributed by atoms with E-state index in [-0.39, 0.29) is 5.09 Å². The first-order valence-corrected chi connectivity index (χ1v) is 7.92. The maximum atomic E-state index is 11.2. The monoisotopic (exact) mass is 302 g/mol. The first-order valence-electron chi connectivity index (χ1n) is 6.37. The third-order valence-electron chi connectivity index (χ3n) is 3.16. The number of sulfonamides is 1.